The van der Waals surface area contributed by atoms with Crippen molar-refractivity contribution in [2.45, 2.75) is 39.2 Å². The summed E-state index contributed by atoms with van der Waals surface area (Å²) in [5.74, 6) is -1.71. The molecule has 0 radical (unpaired) electrons. The standard InChI is InChI=1S/C23H28N2O4/c1-3-5-8-13-25-15-19(23(28)29-4-2)20(22(25)27)24-21(26)18-12-11-16-9-6-7-10-17(16)14-18/h6-7,9-12,14,19-20H,3-5,8,13,15H2,1-2H3,(H,24,26)/t19-,20-/m0/s1. The number of carbonyl (C=O) groups excluding carboxylic acids is 3. The van der Waals surface area contributed by atoms with Gasteiger partial charge in [0, 0.05) is 18.7 Å². The van der Waals surface area contributed by atoms with Crippen LogP contribution in [0.1, 0.15) is 43.5 Å². The smallest absolute Gasteiger partial charge is 0.313 e. The Morgan fingerprint density at radius 2 is 1.86 bits per heavy atom. The summed E-state index contributed by atoms with van der Waals surface area (Å²) in [6, 6.07) is 12.3. The van der Waals surface area contributed by atoms with Crippen molar-refractivity contribution in [3.05, 3.63) is 48.0 Å². The van der Waals surface area contributed by atoms with Gasteiger partial charge in [-0.1, -0.05) is 50.1 Å². The van der Waals surface area contributed by atoms with E-state index in [1.54, 1.807) is 24.0 Å². The number of hydrogen-bond donors (Lipinski definition) is 1. The van der Waals surface area contributed by atoms with Crippen LogP contribution in [-0.4, -0.2) is 48.4 Å². The topological polar surface area (TPSA) is 75.7 Å². The normalized spacial score (nSPS) is 18.8. The Bertz CT molecular complexity index is 895. The quantitative estimate of drug-likeness (QED) is 0.549. The summed E-state index contributed by atoms with van der Waals surface area (Å²) in [5.41, 5.74) is 0.462. The zero-order valence-corrected chi connectivity index (χ0v) is 17.0. The second kappa shape index (κ2) is 9.54. The highest BCUT2D eigenvalue weighted by Crippen LogP contribution is 2.22. The highest BCUT2D eigenvalue weighted by atomic mass is 16.5. The minimum Gasteiger partial charge on any atom is -0.466 e. The number of nitrogens with zero attached hydrogens (tertiary/aromatic N) is 1. The van der Waals surface area contributed by atoms with Gasteiger partial charge in [-0.15, -0.1) is 0 Å². The molecule has 2 atom stereocenters. The third kappa shape index (κ3) is 4.75. The molecule has 1 aliphatic heterocycles. The number of hydrogen-bond acceptors (Lipinski definition) is 4. The van der Waals surface area contributed by atoms with E-state index in [0.29, 0.717) is 12.1 Å². The van der Waals surface area contributed by atoms with E-state index in [1.165, 1.54) is 0 Å². The summed E-state index contributed by atoms with van der Waals surface area (Å²) >= 11 is 0. The van der Waals surface area contributed by atoms with Gasteiger partial charge in [0.1, 0.15) is 12.0 Å². The Hall–Kier alpha value is -2.89. The molecule has 154 valence electrons. The zero-order chi connectivity index (χ0) is 20.8. The van der Waals surface area contributed by atoms with Gasteiger partial charge in [0.2, 0.25) is 5.91 Å². The van der Waals surface area contributed by atoms with E-state index < -0.39 is 17.9 Å². The van der Waals surface area contributed by atoms with Crippen molar-refractivity contribution >= 4 is 28.6 Å². The predicted octanol–water partition coefficient (Wildman–Crippen LogP) is 3.15. The molecule has 1 N–H and O–H groups in total. The third-order valence-electron chi connectivity index (χ3n) is 5.32. The van der Waals surface area contributed by atoms with Crippen LogP contribution in [0.4, 0.5) is 0 Å². The maximum atomic E-state index is 12.9. The Balaban J connectivity index is 1.77. The van der Waals surface area contributed by atoms with Crippen LogP contribution in [0.3, 0.4) is 0 Å². The van der Waals surface area contributed by atoms with Crippen LogP contribution in [0.15, 0.2) is 42.5 Å². The van der Waals surface area contributed by atoms with Gasteiger partial charge in [-0.25, -0.2) is 0 Å². The molecule has 29 heavy (non-hydrogen) atoms. The molecule has 1 fully saturated rings. The number of amides is 2. The lowest BCUT2D eigenvalue weighted by Gasteiger charge is -2.17. The van der Waals surface area contributed by atoms with Gasteiger partial charge < -0.3 is 15.0 Å². The molecule has 0 spiro atoms. The first-order chi connectivity index (χ1) is 14.0. The number of unbranched alkanes of at least 4 members (excludes halogenated alkanes) is 2. The predicted molar refractivity (Wildman–Crippen MR) is 111 cm³/mol. The van der Waals surface area contributed by atoms with Crippen LogP contribution < -0.4 is 5.32 Å². The van der Waals surface area contributed by atoms with Gasteiger partial charge in [0.25, 0.3) is 5.91 Å². The van der Waals surface area contributed by atoms with Crippen molar-refractivity contribution in [3.63, 3.8) is 0 Å². The zero-order valence-electron chi connectivity index (χ0n) is 17.0. The summed E-state index contributed by atoms with van der Waals surface area (Å²) in [6.45, 7) is 4.94. The number of carbonyl (C=O) groups is 3. The fraction of sp³-hybridized carbons (Fsp3) is 0.435. The lowest BCUT2D eigenvalue weighted by molar-refractivity contribution is -0.148. The molecule has 1 saturated heterocycles. The average Bonchev–Trinajstić information content (AvgIpc) is 3.04. The second-order valence-corrected chi connectivity index (χ2v) is 7.36. The maximum Gasteiger partial charge on any atom is 0.313 e. The molecule has 6 heteroatoms. The second-order valence-electron chi connectivity index (χ2n) is 7.36. The van der Waals surface area contributed by atoms with Crippen LogP contribution in [0, 0.1) is 5.92 Å². The molecule has 6 nitrogen and oxygen atoms in total. The van der Waals surface area contributed by atoms with E-state index in [1.807, 2.05) is 30.3 Å². The van der Waals surface area contributed by atoms with Gasteiger partial charge in [-0.3, -0.25) is 14.4 Å². The summed E-state index contributed by atoms with van der Waals surface area (Å²) in [6.07, 6.45) is 2.94. The molecule has 1 aliphatic rings. The van der Waals surface area contributed by atoms with Gasteiger partial charge in [-0.2, -0.15) is 0 Å². The van der Waals surface area contributed by atoms with Crippen LogP contribution in [0.25, 0.3) is 10.8 Å². The van der Waals surface area contributed by atoms with Crippen molar-refractivity contribution in [2.75, 3.05) is 19.7 Å². The lowest BCUT2D eigenvalue weighted by atomic mass is 10.0. The monoisotopic (exact) mass is 396 g/mol. The number of ether oxygens (including phenoxy) is 1. The van der Waals surface area contributed by atoms with Crippen LogP contribution >= 0.6 is 0 Å². The van der Waals surface area contributed by atoms with E-state index in [9.17, 15) is 14.4 Å². The number of nitrogens with one attached hydrogen (secondary N) is 1. The molecule has 0 aliphatic carbocycles. The van der Waals surface area contributed by atoms with Gasteiger partial charge >= 0.3 is 5.97 Å². The minimum atomic E-state index is -0.894. The molecule has 1 heterocycles. The number of benzene rings is 2. The molecule has 0 unspecified atom stereocenters. The Morgan fingerprint density at radius 1 is 1.10 bits per heavy atom. The van der Waals surface area contributed by atoms with Gasteiger partial charge in [0.05, 0.1) is 6.61 Å². The van der Waals surface area contributed by atoms with Gasteiger partial charge in [-0.05, 0) is 36.2 Å². The van der Waals surface area contributed by atoms with Crippen LogP contribution in [0.2, 0.25) is 0 Å². The molecule has 2 aromatic carbocycles. The summed E-state index contributed by atoms with van der Waals surface area (Å²) in [5, 5.41) is 4.77. The molecular weight excluding hydrogens is 368 g/mol. The molecule has 2 amide bonds. The minimum absolute atomic E-state index is 0.215. The molecule has 0 bridgehead atoms. The first kappa shape index (κ1) is 20.8. The third-order valence-corrected chi connectivity index (χ3v) is 5.32. The summed E-state index contributed by atoms with van der Waals surface area (Å²) in [7, 11) is 0. The first-order valence-corrected chi connectivity index (χ1v) is 10.3. The van der Waals surface area contributed by atoms with Crippen molar-refractivity contribution in [3.8, 4) is 0 Å². The molecule has 0 aromatic heterocycles. The highest BCUT2D eigenvalue weighted by molar-refractivity contribution is 6.02. The average molecular weight is 396 g/mol. The largest absolute Gasteiger partial charge is 0.466 e. The van der Waals surface area contributed by atoms with Crippen LogP contribution in [0.5, 0.6) is 0 Å². The van der Waals surface area contributed by atoms with E-state index in [-0.39, 0.29) is 25.0 Å². The van der Waals surface area contributed by atoms with E-state index >= 15 is 0 Å². The van der Waals surface area contributed by atoms with Crippen molar-refractivity contribution in [2.24, 2.45) is 5.92 Å². The molecule has 2 aromatic rings. The van der Waals surface area contributed by atoms with Crippen molar-refractivity contribution in [1.29, 1.82) is 0 Å². The van der Waals surface area contributed by atoms with Gasteiger partial charge in [0.15, 0.2) is 0 Å². The van der Waals surface area contributed by atoms with E-state index in [0.717, 1.165) is 30.0 Å². The molecule has 3 rings (SSSR count). The fourth-order valence-electron chi connectivity index (χ4n) is 3.73. The van der Waals surface area contributed by atoms with Crippen molar-refractivity contribution in [1.82, 2.24) is 10.2 Å². The maximum absolute atomic E-state index is 12.9. The summed E-state index contributed by atoms with van der Waals surface area (Å²) in [4.78, 5) is 39.8. The van der Waals surface area contributed by atoms with Crippen molar-refractivity contribution < 1.29 is 19.1 Å². The first-order valence-electron chi connectivity index (χ1n) is 10.3. The number of rotatable bonds is 8. The van der Waals surface area contributed by atoms with E-state index in [2.05, 4.69) is 12.2 Å². The molecular formula is C23H28N2O4. The molecule has 0 saturated carbocycles. The highest BCUT2D eigenvalue weighted by Gasteiger charge is 2.45. The number of esters is 1. The van der Waals surface area contributed by atoms with E-state index in [4.69, 9.17) is 4.74 Å². The lowest BCUT2D eigenvalue weighted by Crippen LogP contribution is -2.46. The fourth-order valence-corrected chi connectivity index (χ4v) is 3.73. The Labute approximate surface area is 171 Å². The van der Waals surface area contributed by atoms with Crippen LogP contribution in [-0.2, 0) is 14.3 Å². The number of fused-ring (bicyclic) bond motifs is 1. The SMILES string of the molecule is CCCCCN1C[C@H](C(=O)OCC)[C@H](NC(=O)c2ccc3ccccc3c2)C1=O. The summed E-state index contributed by atoms with van der Waals surface area (Å²) < 4.78 is 5.15. The number of likely N-dealkylation sites (tertiary alicyclic amines) is 1. The Morgan fingerprint density at radius 3 is 2.59 bits per heavy atom. The Kier molecular flexibility index (Phi) is 6.86.